The molecule has 5 heteroatoms. The van der Waals surface area contributed by atoms with E-state index in [9.17, 15) is 4.79 Å². The molecule has 0 amide bonds. The number of carbonyl (C=O) groups excluding carboxylic acids is 1. The molecule has 0 fully saturated rings. The highest BCUT2D eigenvalue weighted by Gasteiger charge is 2.06. The van der Waals surface area contributed by atoms with Crippen molar-refractivity contribution in [3.63, 3.8) is 0 Å². The second kappa shape index (κ2) is 8.14. The van der Waals surface area contributed by atoms with Gasteiger partial charge in [0, 0.05) is 12.2 Å². The zero-order valence-corrected chi connectivity index (χ0v) is 13.2. The van der Waals surface area contributed by atoms with E-state index in [0.29, 0.717) is 23.8 Å². The summed E-state index contributed by atoms with van der Waals surface area (Å²) in [6, 6.07) is 17.0. The van der Waals surface area contributed by atoms with Gasteiger partial charge in [-0.05, 0) is 49.0 Å². The minimum atomic E-state index is -0.321. The van der Waals surface area contributed by atoms with Crippen molar-refractivity contribution in [3.8, 4) is 0 Å². The molecule has 2 N–H and O–H groups in total. The first-order valence-electron chi connectivity index (χ1n) is 7.05. The summed E-state index contributed by atoms with van der Waals surface area (Å²) in [4.78, 5) is 11.6. The number of esters is 1. The van der Waals surface area contributed by atoms with Gasteiger partial charge in [-0.15, -0.1) is 0 Å². The van der Waals surface area contributed by atoms with Crippen LogP contribution in [0.5, 0.6) is 0 Å². The first-order chi connectivity index (χ1) is 10.7. The number of benzene rings is 2. The Balaban J connectivity index is 1.85. The SMILES string of the molecule is CCOC(=O)c1ccc(NC(=S)NCc2ccccc2)cc1. The van der Waals surface area contributed by atoms with E-state index < -0.39 is 0 Å². The minimum absolute atomic E-state index is 0.321. The van der Waals surface area contributed by atoms with Gasteiger partial charge in [0.05, 0.1) is 12.2 Å². The van der Waals surface area contributed by atoms with E-state index in [-0.39, 0.29) is 5.97 Å². The lowest BCUT2D eigenvalue weighted by atomic mass is 10.2. The van der Waals surface area contributed by atoms with Crippen LogP contribution in [0.25, 0.3) is 0 Å². The molecule has 0 aliphatic heterocycles. The third-order valence-electron chi connectivity index (χ3n) is 2.95. The summed E-state index contributed by atoms with van der Waals surface area (Å²) >= 11 is 5.25. The number of nitrogens with one attached hydrogen (secondary N) is 2. The van der Waals surface area contributed by atoms with Crippen molar-refractivity contribution in [2.75, 3.05) is 11.9 Å². The Hall–Kier alpha value is -2.40. The molecule has 0 aliphatic carbocycles. The first-order valence-corrected chi connectivity index (χ1v) is 7.46. The van der Waals surface area contributed by atoms with E-state index in [1.165, 1.54) is 0 Å². The van der Waals surface area contributed by atoms with Gasteiger partial charge in [0.2, 0.25) is 0 Å². The topological polar surface area (TPSA) is 50.4 Å². The summed E-state index contributed by atoms with van der Waals surface area (Å²) < 4.78 is 4.94. The van der Waals surface area contributed by atoms with Crippen molar-refractivity contribution in [1.29, 1.82) is 0 Å². The fourth-order valence-electron chi connectivity index (χ4n) is 1.86. The summed E-state index contributed by atoms with van der Waals surface area (Å²) in [6.45, 7) is 2.81. The lowest BCUT2D eigenvalue weighted by Crippen LogP contribution is -2.27. The molecule has 0 radical (unpaired) electrons. The van der Waals surface area contributed by atoms with Gasteiger partial charge in [0.15, 0.2) is 5.11 Å². The van der Waals surface area contributed by atoms with E-state index in [1.54, 1.807) is 31.2 Å². The molecule has 0 heterocycles. The Labute approximate surface area is 135 Å². The average molecular weight is 314 g/mol. The van der Waals surface area contributed by atoms with E-state index >= 15 is 0 Å². The number of hydrogen-bond acceptors (Lipinski definition) is 3. The standard InChI is InChI=1S/C17H18N2O2S/c1-2-21-16(20)14-8-10-15(11-9-14)19-17(22)18-12-13-6-4-3-5-7-13/h3-11H,2,12H2,1H3,(H2,18,19,22). The van der Waals surface area contributed by atoms with Crippen LogP contribution < -0.4 is 10.6 Å². The maximum Gasteiger partial charge on any atom is 0.338 e. The monoisotopic (exact) mass is 314 g/mol. The van der Waals surface area contributed by atoms with Gasteiger partial charge in [-0.25, -0.2) is 4.79 Å². The van der Waals surface area contributed by atoms with Crippen LogP contribution in [0.2, 0.25) is 0 Å². The van der Waals surface area contributed by atoms with Crippen molar-refractivity contribution in [1.82, 2.24) is 5.32 Å². The second-order valence-corrected chi connectivity index (χ2v) is 5.00. The quantitative estimate of drug-likeness (QED) is 0.655. The Kier molecular flexibility index (Phi) is 5.91. The van der Waals surface area contributed by atoms with E-state index in [2.05, 4.69) is 10.6 Å². The normalized spacial score (nSPS) is 9.86. The number of ether oxygens (including phenoxy) is 1. The highest BCUT2D eigenvalue weighted by Crippen LogP contribution is 2.10. The second-order valence-electron chi connectivity index (χ2n) is 4.59. The summed E-state index contributed by atoms with van der Waals surface area (Å²) in [6.07, 6.45) is 0. The minimum Gasteiger partial charge on any atom is -0.462 e. The number of rotatable bonds is 5. The van der Waals surface area contributed by atoms with Gasteiger partial charge < -0.3 is 15.4 Å². The Morgan fingerprint density at radius 3 is 2.41 bits per heavy atom. The highest BCUT2D eigenvalue weighted by molar-refractivity contribution is 7.80. The number of thiocarbonyl (C=S) groups is 1. The first kappa shape index (κ1) is 16.0. The largest absolute Gasteiger partial charge is 0.462 e. The fraction of sp³-hybridized carbons (Fsp3) is 0.176. The molecule has 0 aromatic heterocycles. The molecule has 0 bridgehead atoms. The van der Waals surface area contributed by atoms with Crippen molar-refractivity contribution in [3.05, 3.63) is 65.7 Å². The summed E-state index contributed by atoms with van der Waals surface area (Å²) in [5.74, 6) is -0.321. The van der Waals surface area contributed by atoms with E-state index in [0.717, 1.165) is 11.3 Å². The van der Waals surface area contributed by atoms with E-state index in [4.69, 9.17) is 17.0 Å². The van der Waals surface area contributed by atoms with Gasteiger partial charge in [0.25, 0.3) is 0 Å². The summed E-state index contributed by atoms with van der Waals surface area (Å²) in [7, 11) is 0. The van der Waals surface area contributed by atoms with Crippen LogP contribution in [0, 0.1) is 0 Å². The molecule has 0 unspecified atom stereocenters. The van der Waals surface area contributed by atoms with Crippen LogP contribution >= 0.6 is 12.2 Å². The molecule has 114 valence electrons. The zero-order valence-electron chi connectivity index (χ0n) is 12.3. The molecule has 2 aromatic carbocycles. The predicted molar refractivity (Wildman–Crippen MR) is 91.9 cm³/mol. The zero-order chi connectivity index (χ0) is 15.8. The van der Waals surface area contributed by atoms with Crippen LogP contribution in [0.1, 0.15) is 22.8 Å². The predicted octanol–water partition coefficient (Wildman–Crippen LogP) is 3.35. The number of anilines is 1. The van der Waals surface area contributed by atoms with Crippen molar-refractivity contribution in [2.45, 2.75) is 13.5 Å². The molecule has 22 heavy (non-hydrogen) atoms. The van der Waals surface area contributed by atoms with Crippen molar-refractivity contribution >= 4 is 29.0 Å². The summed E-state index contributed by atoms with van der Waals surface area (Å²) in [5.41, 5.74) is 2.50. The molecular formula is C17H18N2O2S. The molecule has 0 spiro atoms. The smallest absolute Gasteiger partial charge is 0.338 e. The molecule has 2 aromatic rings. The summed E-state index contributed by atoms with van der Waals surface area (Å²) in [5, 5.41) is 6.75. The number of carbonyl (C=O) groups is 1. The third-order valence-corrected chi connectivity index (χ3v) is 3.20. The molecular weight excluding hydrogens is 296 g/mol. The molecule has 4 nitrogen and oxygen atoms in total. The Bertz CT molecular complexity index is 627. The van der Waals surface area contributed by atoms with Gasteiger partial charge in [0.1, 0.15) is 0 Å². The van der Waals surface area contributed by atoms with Gasteiger partial charge in [-0.2, -0.15) is 0 Å². The van der Waals surface area contributed by atoms with Gasteiger partial charge in [-0.1, -0.05) is 30.3 Å². The average Bonchev–Trinajstić information content (AvgIpc) is 2.55. The maximum absolute atomic E-state index is 11.6. The van der Waals surface area contributed by atoms with Crippen molar-refractivity contribution in [2.24, 2.45) is 0 Å². The molecule has 0 aliphatic rings. The van der Waals surface area contributed by atoms with Gasteiger partial charge in [-0.3, -0.25) is 0 Å². The molecule has 0 saturated heterocycles. The lowest BCUT2D eigenvalue weighted by Gasteiger charge is -2.11. The Morgan fingerprint density at radius 2 is 1.77 bits per heavy atom. The number of hydrogen-bond donors (Lipinski definition) is 2. The molecule has 0 atom stereocenters. The van der Waals surface area contributed by atoms with Crippen LogP contribution in [0.15, 0.2) is 54.6 Å². The van der Waals surface area contributed by atoms with Crippen LogP contribution in [0.3, 0.4) is 0 Å². The lowest BCUT2D eigenvalue weighted by molar-refractivity contribution is 0.0526. The molecule has 2 rings (SSSR count). The van der Waals surface area contributed by atoms with Crippen LogP contribution in [0.4, 0.5) is 5.69 Å². The fourth-order valence-corrected chi connectivity index (χ4v) is 2.05. The highest BCUT2D eigenvalue weighted by atomic mass is 32.1. The molecule has 0 saturated carbocycles. The Morgan fingerprint density at radius 1 is 1.09 bits per heavy atom. The van der Waals surface area contributed by atoms with Crippen LogP contribution in [-0.4, -0.2) is 17.7 Å². The van der Waals surface area contributed by atoms with Crippen molar-refractivity contribution < 1.29 is 9.53 Å². The van der Waals surface area contributed by atoms with Crippen LogP contribution in [-0.2, 0) is 11.3 Å². The van der Waals surface area contributed by atoms with E-state index in [1.807, 2.05) is 30.3 Å². The third kappa shape index (κ3) is 4.86. The maximum atomic E-state index is 11.6. The van der Waals surface area contributed by atoms with Gasteiger partial charge >= 0.3 is 5.97 Å².